The highest BCUT2D eigenvalue weighted by molar-refractivity contribution is 7.89. The van der Waals surface area contributed by atoms with E-state index in [-0.39, 0.29) is 36.4 Å². The number of halogens is 1. The number of fused-ring (bicyclic) bond motifs is 1. The molecule has 11 heteroatoms. The van der Waals surface area contributed by atoms with Crippen LogP contribution in [-0.4, -0.2) is 42.6 Å². The molecule has 0 unspecified atom stereocenters. The van der Waals surface area contributed by atoms with Gasteiger partial charge in [0.1, 0.15) is 11.5 Å². The third-order valence-corrected chi connectivity index (χ3v) is 9.61. The molecule has 0 bridgehead atoms. The van der Waals surface area contributed by atoms with Crippen LogP contribution in [0.25, 0.3) is 10.9 Å². The summed E-state index contributed by atoms with van der Waals surface area (Å²) in [6.07, 6.45) is 1.60. The Labute approximate surface area is 268 Å². The highest BCUT2D eigenvalue weighted by atomic mass is 35.5. The molecule has 0 spiro atoms. The number of anilines is 1. The quantitative estimate of drug-likeness (QED) is 0.159. The predicted octanol–water partition coefficient (Wildman–Crippen LogP) is 6.86. The van der Waals surface area contributed by atoms with E-state index in [9.17, 15) is 13.2 Å². The van der Waals surface area contributed by atoms with Crippen LogP contribution in [0.1, 0.15) is 36.6 Å². The molecule has 0 saturated carbocycles. The van der Waals surface area contributed by atoms with E-state index in [0.717, 1.165) is 11.1 Å². The number of ether oxygens (including phenoxy) is 2. The third kappa shape index (κ3) is 7.30. The van der Waals surface area contributed by atoms with Gasteiger partial charge in [-0.1, -0.05) is 54.1 Å². The SMILES string of the molecule is COc1ccc(CN(Cc2ccc(OC)cc2)S(=O)(=O)c2cc(NC(=O)Cc3ccccc3Cl)cc3c2cnn3C(C)C)cc1. The van der Waals surface area contributed by atoms with Crippen LogP contribution in [0.2, 0.25) is 5.02 Å². The van der Waals surface area contributed by atoms with E-state index in [1.165, 1.54) is 10.4 Å². The van der Waals surface area contributed by atoms with Crippen molar-refractivity contribution >= 4 is 44.1 Å². The van der Waals surface area contributed by atoms with Gasteiger partial charge in [0, 0.05) is 35.2 Å². The average Bonchev–Trinajstić information content (AvgIpc) is 3.46. The Balaban J connectivity index is 1.57. The molecule has 0 atom stereocenters. The van der Waals surface area contributed by atoms with E-state index in [2.05, 4.69) is 10.4 Å². The number of methoxy groups -OCH3 is 2. The van der Waals surface area contributed by atoms with Gasteiger partial charge in [-0.3, -0.25) is 9.48 Å². The molecular weight excluding hydrogens is 612 g/mol. The van der Waals surface area contributed by atoms with Gasteiger partial charge >= 0.3 is 0 Å². The molecule has 0 fully saturated rings. The Morgan fingerprint density at radius 3 is 2.02 bits per heavy atom. The molecule has 0 aliphatic carbocycles. The first-order valence-corrected chi connectivity index (χ1v) is 16.2. The van der Waals surface area contributed by atoms with E-state index in [0.29, 0.717) is 38.7 Å². The summed E-state index contributed by atoms with van der Waals surface area (Å²) in [5, 5.41) is 8.35. The molecule has 5 rings (SSSR count). The van der Waals surface area contributed by atoms with Crippen molar-refractivity contribution in [1.29, 1.82) is 0 Å². The second kappa shape index (κ2) is 13.7. The van der Waals surface area contributed by atoms with Crippen molar-refractivity contribution in [3.8, 4) is 11.5 Å². The van der Waals surface area contributed by atoms with Crippen LogP contribution in [0.3, 0.4) is 0 Å². The number of carbonyl (C=O) groups excluding carboxylic acids is 1. The van der Waals surface area contributed by atoms with Gasteiger partial charge in [0.15, 0.2) is 0 Å². The molecule has 4 aromatic carbocycles. The van der Waals surface area contributed by atoms with Crippen molar-refractivity contribution in [3.63, 3.8) is 0 Å². The first-order valence-electron chi connectivity index (χ1n) is 14.4. The smallest absolute Gasteiger partial charge is 0.244 e. The summed E-state index contributed by atoms with van der Waals surface area (Å²) < 4.78 is 43.1. The topological polar surface area (TPSA) is 103 Å². The van der Waals surface area contributed by atoms with Crippen molar-refractivity contribution < 1.29 is 22.7 Å². The van der Waals surface area contributed by atoms with Crippen LogP contribution in [0.15, 0.2) is 96.0 Å². The summed E-state index contributed by atoms with van der Waals surface area (Å²) in [6.45, 7) is 4.12. The molecule has 1 amide bonds. The minimum Gasteiger partial charge on any atom is -0.497 e. The number of benzene rings is 4. The number of amides is 1. The highest BCUT2D eigenvalue weighted by Gasteiger charge is 2.29. The summed E-state index contributed by atoms with van der Waals surface area (Å²) in [4.78, 5) is 13.2. The van der Waals surface area contributed by atoms with Crippen LogP contribution in [0.5, 0.6) is 11.5 Å². The predicted molar refractivity (Wildman–Crippen MR) is 176 cm³/mol. The van der Waals surface area contributed by atoms with E-state index in [1.54, 1.807) is 73.6 Å². The summed E-state index contributed by atoms with van der Waals surface area (Å²) in [7, 11) is -0.983. The monoisotopic (exact) mass is 646 g/mol. The number of hydrogen-bond acceptors (Lipinski definition) is 6. The first-order chi connectivity index (χ1) is 21.6. The summed E-state index contributed by atoms with van der Waals surface area (Å²) in [6, 6.07) is 24.9. The Bertz CT molecular complexity index is 1860. The van der Waals surface area contributed by atoms with Crippen LogP contribution >= 0.6 is 11.6 Å². The zero-order valence-corrected chi connectivity index (χ0v) is 27.1. The van der Waals surface area contributed by atoms with E-state index >= 15 is 0 Å². The van der Waals surface area contributed by atoms with Crippen LogP contribution < -0.4 is 14.8 Å². The van der Waals surface area contributed by atoms with Crippen molar-refractivity contribution in [2.24, 2.45) is 0 Å². The van der Waals surface area contributed by atoms with Crippen LogP contribution in [-0.2, 0) is 34.3 Å². The molecule has 0 aliphatic rings. The lowest BCUT2D eigenvalue weighted by molar-refractivity contribution is -0.115. The van der Waals surface area contributed by atoms with E-state index in [4.69, 9.17) is 21.1 Å². The number of nitrogens with one attached hydrogen (secondary N) is 1. The summed E-state index contributed by atoms with van der Waals surface area (Å²) >= 11 is 6.29. The molecule has 9 nitrogen and oxygen atoms in total. The van der Waals surface area contributed by atoms with Gasteiger partial charge in [-0.15, -0.1) is 0 Å². The largest absolute Gasteiger partial charge is 0.497 e. The third-order valence-electron chi connectivity index (χ3n) is 7.41. The molecule has 0 radical (unpaired) electrons. The zero-order valence-electron chi connectivity index (χ0n) is 25.5. The lowest BCUT2D eigenvalue weighted by atomic mass is 10.1. The molecule has 1 heterocycles. The average molecular weight is 647 g/mol. The minimum atomic E-state index is -4.15. The number of carbonyl (C=O) groups is 1. The normalized spacial score (nSPS) is 11.7. The van der Waals surface area contributed by atoms with E-state index in [1.807, 2.05) is 44.2 Å². The van der Waals surface area contributed by atoms with Gasteiger partial charge in [0.05, 0.1) is 37.2 Å². The van der Waals surface area contributed by atoms with Gasteiger partial charge in [0.2, 0.25) is 15.9 Å². The van der Waals surface area contributed by atoms with Crippen molar-refractivity contribution in [2.45, 2.75) is 44.3 Å². The molecule has 1 N–H and O–H groups in total. The number of hydrogen-bond donors (Lipinski definition) is 1. The molecule has 5 aromatic rings. The molecule has 1 aromatic heterocycles. The number of sulfonamides is 1. The Hall–Kier alpha value is -4.38. The van der Waals surface area contributed by atoms with Gasteiger partial charge in [-0.25, -0.2) is 8.42 Å². The second-order valence-corrected chi connectivity index (χ2v) is 13.2. The van der Waals surface area contributed by atoms with Crippen LogP contribution in [0, 0.1) is 0 Å². The first kappa shape index (κ1) is 32.0. The van der Waals surface area contributed by atoms with Gasteiger partial charge in [-0.05, 0) is 73.0 Å². The molecule has 234 valence electrons. The van der Waals surface area contributed by atoms with Crippen LogP contribution in [0.4, 0.5) is 5.69 Å². The maximum Gasteiger partial charge on any atom is 0.244 e. The van der Waals surface area contributed by atoms with Gasteiger partial charge in [0.25, 0.3) is 0 Å². The molecular formula is C34H35ClN4O5S. The van der Waals surface area contributed by atoms with Gasteiger partial charge < -0.3 is 14.8 Å². The Kier molecular flexibility index (Phi) is 9.77. The number of rotatable bonds is 12. The fourth-order valence-electron chi connectivity index (χ4n) is 5.06. The number of nitrogens with zero attached hydrogens (tertiary/aromatic N) is 3. The summed E-state index contributed by atoms with van der Waals surface area (Å²) in [5.74, 6) is 1.02. The van der Waals surface area contributed by atoms with E-state index < -0.39 is 10.0 Å². The molecule has 45 heavy (non-hydrogen) atoms. The van der Waals surface area contributed by atoms with Gasteiger partial charge in [-0.2, -0.15) is 9.40 Å². The second-order valence-electron chi connectivity index (χ2n) is 10.9. The van der Waals surface area contributed by atoms with Crippen molar-refractivity contribution in [2.75, 3.05) is 19.5 Å². The summed E-state index contributed by atoms with van der Waals surface area (Å²) in [5.41, 5.74) is 3.17. The molecule has 0 saturated heterocycles. The fraction of sp³-hybridized carbons (Fsp3) is 0.235. The standard InChI is InChI=1S/C34H35ClN4O5S/c1-23(2)39-32-18-27(37-34(40)17-26-7-5-6-8-31(26)35)19-33(30(32)20-36-39)45(41,42)38(21-24-9-13-28(43-3)14-10-24)22-25-11-15-29(44-4)16-12-25/h5-16,18-20,23H,17,21-22H2,1-4H3,(H,37,40). The maximum atomic E-state index is 14.7. The lowest BCUT2D eigenvalue weighted by Gasteiger charge is -2.24. The Morgan fingerprint density at radius 1 is 0.911 bits per heavy atom. The lowest BCUT2D eigenvalue weighted by Crippen LogP contribution is -2.30. The van der Waals surface area contributed by atoms with Crippen molar-refractivity contribution in [3.05, 3.63) is 113 Å². The maximum absolute atomic E-state index is 14.7. The Morgan fingerprint density at radius 2 is 1.49 bits per heavy atom. The molecule has 0 aliphatic heterocycles. The highest BCUT2D eigenvalue weighted by Crippen LogP contribution is 2.33. The minimum absolute atomic E-state index is 0.0320. The fourth-order valence-corrected chi connectivity index (χ4v) is 6.89. The number of aromatic nitrogens is 2. The van der Waals surface area contributed by atoms with Crippen molar-refractivity contribution in [1.82, 2.24) is 14.1 Å². The zero-order chi connectivity index (χ0) is 32.1.